The number of rotatable bonds is 13. The number of hydrogen-bond acceptors (Lipinski definition) is 2. The highest BCUT2D eigenvalue weighted by molar-refractivity contribution is 5.84. The molecule has 0 spiro atoms. The third kappa shape index (κ3) is 6.43. The molecule has 0 bridgehead atoms. The third-order valence-corrected chi connectivity index (χ3v) is 6.18. The Morgan fingerprint density at radius 3 is 2.10 bits per heavy atom. The molecule has 1 aliphatic heterocycles. The van der Waals surface area contributed by atoms with E-state index in [1.165, 1.54) is 61.6 Å². The van der Waals surface area contributed by atoms with Crippen LogP contribution in [0.4, 0.5) is 0 Å². The summed E-state index contributed by atoms with van der Waals surface area (Å²) in [5, 5.41) is 0. The Morgan fingerprint density at radius 1 is 0.800 bits per heavy atom. The van der Waals surface area contributed by atoms with Crippen molar-refractivity contribution in [3.8, 4) is 0 Å². The van der Waals surface area contributed by atoms with Crippen LogP contribution in [0.2, 0.25) is 0 Å². The fourth-order valence-corrected chi connectivity index (χ4v) is 4.29. The van der Waals surface area contributed by atoms with Crippen LogP contribution in [0.3, 0.4) is 0 Å². The summed E-state index contributed by atoms with van der Waals surface area (Å²) in [5.41, 5.74) is 4.02. The highest BCUT2D eigenvalue weighted by Crippen LogP contribution is 2.41. The zero-order valence-electron chi connectivity index (χ0n) is 18.7. The van der Waals surface area contributed by atoms with Crippen molar-refractivity contribution in [3.05, 3.63) is 71.3 Å². The average molecular weight is 408 g/mol. The zero-order valence-corrected chi connectivity index (χ0v) is 18.7. The lowest BCUT2D eigenvalue weighted by atomic mass is 9.97. The number of benzene rings is 2. The molecule has 0 aromatic heterocycles. The number of aryl methyl sites for hydroxylation is 2. The van der Waals surface area contributed by atoms with Crippen molar-refractivity contribution in [3.63, 3.8) is 0 Å². The van der Waals surface area contributed by atoms with Gasteiger partial charge < -0.3 is 9.64 Å². The lowest BCUT2D eigenvalue weighted by Gasteiger charge is -2.17. The van der Waals surface area contributed by atoms with Gasteiger partial charge in [0.05, 0.1) is 0 Å². The predicted octanol–water partition coefficient (Wildman–Crippen LogP) is 6.12. The van der Waals surface area contributed by atoms with Gasteiger partial charge in [-0.05, 0) is 56.2 Å². The molecule has 2 aromatic rings. The van der Waals surface area contributed by atoms with Crippen molar-refractivity contribution in [1.82, 2.24) is 4.90 Å². The van der Waals surface area contributed by atoms with E-state index in [4.69, 9.17) is 4.74 Å². The van der Waals surface area contributed by atoms with E-state index in [0.29, 0.717) is 0 Å². The maximum atomic E-state index is 12.5. The summed E-state index contributed by atoms with van der Waals surface area (Å²) in [4.78, 5) is 14.4. The molecule has 1 fully saturated rings. The summed E-state index contributed by atoms with van der Waals surface area (Å²) in [6, 6.07) is 19.3. The lowest BCUT2D eigenvalue weighted by Crippen LogP contribution is -2.34. The molecule has 0 saturated carbocycles. The normalized spacial score (nSPS) is 17.7. The minimum absolute atomic E-state index is 0.0488. The largest absolute Gasteiger partial charge is 0.354 e. The van der Waals surface area contributed by atoms with Gasteiger partial charge in [-0.3, -0.25) is 4.79 Å². The van der Waals surface area contributed by atoms with E-state index < -0.39 is 0 Å². The fourth-order valence-electron chi connectivity index (χ4n) is 4.29. The maximum absolute atomic E-state index is 12.5. The number of likely N-dealkylation sites (N-methyl/N-ethyl adjacent to an activating group) is 1. The molecule has 162 valence electrons. The van der Waals surface area contributed by atoms with Crippen LogP contribution in [0.15, 0.2) is 54.6 Å². The molecule has 1 amide bonds. The molecule has 1 saturated heterocycles. The van der Waals surface area contributed by atoms with Crippen LogP contribution in [-0.4, -0.2) is 30.0 Å². The Hall–Kier alpha value is -2.13. The van der Waals surface area contributed by atoms with Gasteiger partial charge in [0.15, 0.2) is 6.10 Å². The van der Waals surface area contributed by atoms with Crippen molar-refractivity contribution >= 4 is 5.91 Å². The molecule has 1 aliphatic rings. The molecule has 2 unspecified atom stereocenters. The summed E-state index contributed by atoms with van der Waals surface area (Å²) < 4.78 is 5.81. The summed E-state index contributed by atoms with van der Waals surface area (Å²) in [5.74, 6) is 0.135. The van der Waals surface area contributed by atoms with Gasteiger partial charge in [0.2, 0.25) is 0 Å². The first-order valence-electron chi connectivity index (χ1n) is 11.8. The van der Waals surface area contributed by atoms with E-state index >= 15 is 0 Å². The standard InChI is InChI=1S/C27H37NO2/c1-3-28(4-2)27(29)26-25(30-26)24-21-15-14-20-23(24)19-13-8-6-5-7-10-16-22-17-11-9-12-18-22/h9,11-12,14-15,17-18,20-21,25-26H,3-8,10,13,16,19H2,1-2H3. The Kier molecular flexibility index (Phi) is 8.95. The molecule has 2 aromatic carbocycles. The molecule has 30 heavy (non-hydrogen) atoms. The zero-order chi connectivity index (χ0) is 21.2. The van der Waals surface area contributed by atoms with Crippen molar-refractivity contribution in [2.45, 2.75) is 77.4 Å². The van der Waals surface area contributed by atoms with E-state index in [0.717, 1.165) is 19.5 Å². The second kappa shape index (κ2) is 11.9. The lowest BCUT2D eigenvalue weighted by molar-refractivity contribution is -0.132. The van der Waals surface area contributed by atoms with Gasteiger partial charge in [0.1, 0.15) is 6.10 Å². The van der Waals surface area contributed by atoms with E-state index in [9.17, 15) is 4.79 Å². The van der Waals surface area contributed by atoms with Gasteiger partial charge in [0.25, 0.3) is 5.91 Å². The van der Waals surface area contributed by atoms with Gasteiger partial charge in [-0.25, -0.2) is 0 Å². The SMILES string of the molecule is CCN(CC)C(=O)C1OC1c1ccccc1CCCCCCCCc1ccccc1. The van der Waals surface area contributed by atoms with Gasteiger partial charge >= 0.3 is 0 Å². The van der Waals surface area contributed by atoms with Crippen molar-refractivity contribution < 1.29 is 9.53 Å². The molecule has 3 heteroatoms. The van der Waals surface area contributed by atoms with Crippen LogP contribution in [0, 0.1) is 0 Å². The summed E-state index contributed by atoms with van der Waals surface area (Å²) in [7, 11) is 0. The third-order valence-electron chi connectivity index (χ3n) is 6.18. The highest BCUT2D eigenvalue weighted by Gasteiger charge is 2.48. The fraction of sp³-hybridized carbons (Fsp3) is 0.519. The molecule has 3 rings (SSSR count). The van der Waals surface area contributed by atoms with Crippen LogP contribution in [0.5, 0.6) is 0 Å². The average Bonchev–Trinajstić information content (AvgIpc) is 3.58. The molecule has 2 atom stereocenters. The monoisotopic (exact) mass is 407 g/mol. The van der Waals surface area contributed by atoms with E-state index in [1.807, 2.05) is 18.7 Å². The molecular weight excluding hydrogens is 370 g/mol. The number of carbonyl (C=O) groups is 1. The van der Waals surface area contributed by atoms with Crippen molar-refractivity contribution in [1.29, 1.82) is 0 Å². The molecule has 1 heterocycles. The minimum Gasteiger partial charge on any atom is -0.354 e. The predicted molar refractivity (Wildman–Crippen MR) is 124 cm³/mol. The van der Waals surface area contributed by atoms with E-state index in [1.54, 1.807) is 0 Å². The Labute approximate surface area is 182 Å². The summed E-state index contributed by atoms with van der Waals surface area (Å²) in [6.07, 6.45) is 9.65. The first-order chi connectivity index (χ1) is 14.7. The number of carbonyl (C=O) groups excluding carboxylic acids is 1. The van der Waals surface area contributed by atoms with Gasteiger partial charge in [-0.15, -0.1) is 0 Å². The van der Waals surface area contributed by atoms with Gasteiger partial charge in [-0.2, -0.15) is 0 Å². The van der Waals surface area contributed by atoms with Crippen LogP contribution in [-0.2, 0) is 22.4 Å². The van der Waals surface area contributed by atoms with Gasteiger partial charge in [0, 0.05) is 13.1 Å². The van der Waals surface area contributed by atoms with Crippen molar-refractivity contribution in [2.75, 3.05) is 13.1 Å². The first kappa shape index (κ1) is 22.6. The number of hydrogen-bond donors (Lipinski definition) is 0. The number of amides is 1. The molecule has 0 aliphatic carbocycles. The highest BCUT2D eigenvalue weighted by atomic mass is 16.6. The smallest absolute Gasteiger partial charge is 0.254 e. The Morgan fingerprint density at radius 2 is 1.40 bits per heavy atom. The minimum atomic E-state index is -0.282. The van der Waals surface area contributed by atoms with Crippen LogP contribution >= 0.6 is 0 Å². The second-order valence-electron chi connectivity index (χ2n) is 8.29. The molecular formula is C27H37NO2. The molecule has 3 nitrogen and oxygen atoms in total. The first-order valence-corrected chi connectivity index (χ1v) is 11.8. The quantitative estimate of drug-likeness (QED) is 0.296. The van der Waals surface area contributed by atoms with Crippen molar-refractivity contribution in [2.24, 2.45) is 0 Å². The number of unbranched alkanes of at least 4 members (excludes halogenated alkanes) is 5. The number of ether oxygens (including phenoxy) is 1. The van der Waals surface area contributed by atoms with Gasteiger partial charge in [-0.1, -0.05) is 80.3 Å². The molecule has 0 radical (unpaired) electrons. The number of epoxide rings is 1. The molecule has 0 N–H and O–H groups in total. The Balaban J connectivity index is 1.35. The maximum Gasteiger partial charge on any atom is 0.254 e. The second-order valence-corrected chi connectivity index (χ2v) is 8.29. The van der Waals surface area contributed by atoms with Crippen LogP contribution in [0.25, 0.3) is 0 Å². The summed E-state index contributed by atoms with van der Waals surface area (Å²) >= 11 is 0. The topological polar surface area (TPSA) is 32.8 Å². The van der Waals surface area contributed by atoms with Crippen LogP contribution in [0.1, 0.15) is 75.2 Å². The van der Waals surface area contributed by atoms with E-state index in [-0.39, 0.29) is 18.1 Å². The summed E-state index contributed by atoms with van der Waals surface area (Å²) in [6.45, 7) is 5.53. The Bertz CT molecular complexity index is 769. The van der Waals surface area contributed by atoms with Crippen LogP contribution < -0.4 is 0 Å². The number of nitrogens with zero attached hydrogens (tertiary/aromatic N) is 1. The van der Waals surface area contributed by atoms with E-state index in [2.05, 4.69) is 54.6 Å².